The normalized spacial score (nSPS) is 10.4. The van der Waals surface area contributed by atoms with E-state index in [0.29, 0.717) is 12.4 Å². The molecule has 7 nitrogen and oxygen atoms in total. The molecule has 0 spiro atoms. The van der Waals surface area contributed by atoms with Crippen molar-refractivity contribution in [3.8, 4) is 23.0 Å². The third-order valence-corrected chi connectivity index (χ3v) is 5.39. The van der Waals surface area contributed by atoms with Crippen LogP contribution in [-0.2, 0) is 22.8 Å². The zero-order valence-corrected chi connectivity index (χ0v) is 21.0. The first-order valence-corrected chi connectivity index (χ1v) is 11.9. The minimum atomic E-state index is -0.641. The Kier molecular flexibility index (Phi) is 8.51. The van der Waals surface area contributed by atoms with E-state index in [1.165, 1.54) is 26.0 Å². The molecule has 0 aliphatic rings. The van der Waals surface area contributed by atoms with Crippen LogP contribution in [0.25, 0.3) is 0 Å². The first kappa shape index (κ1) is 26.2. The second-order valence-electron chi connectivity index (χ2n) is 8.38. The summed E-state index contributed by atoms with van der Waals surface area (Å²) in [7, 11) is 0. The van der Waals surface area contributed by atoms with Gasteiger partial charge >= 0.3 is 11.9 Å². The highest BCUT2D eigenvalue weighted by atomic mass is 16.5. The summed E-state index contributed by atoms with van der Waals surface area (Å²) in [5.41, 5.74) is 2.14. The summed E-state index contributed by atoms with van der Waals surface area (Å²) >= 11 is 0. The Bertz CT molecular complexity index is 1380. The van der Waals surface area contributed by atoms with Crippen LogP contribution in [-0.4, -0.2) is 17.7 Å². The second-order valence-corrected chi connectivity index (χ2v) is 8.38. The molecule has 0 saturated carbocycles. The zero-order chi connectivity index (χ0) is 26.9. The van der Waals surface area contributed by atoms with Crippen molar-refractivity contribution < 1.29 is 33.3 Å². The Morgan fingerprint density at radius 2 is 1.03 bits per heavy atom. The molecule has 0 saturated heterocycles. The van der Waals surface area contributed by atoms with Crippen molar-refractivity contribution in [2.45, 2.75) is 27.1 Å². The number of benzene rings is 4. The van der Waals surface area contributed by atoms with Crippen molar-refractivity contribution in [3.63, 3.8) is 0 Å². The fraction of sp³-hybridized carbons (Fsp3) is 0.129. The maximum Gasteiger partial charge on any atom is 0.308 e. The monoisotopic (exact) mass is 510 g/mol. The molecule has 7 heteroatoms. The van der Waals surface area contributed by atoms with Crippen LogP contribution in [0.3, 0.4) is 0 Å². The van der Waals surface area contributed by atoms with E-state index in [9.17, 15) is 14.4 Å². The van der Waals surface area contributed by atoms with Gasteiger partial charge in [-0.25, -0.2) is 0 Å². The van der Waals surface area contributed by atoms with Gasteiger partial charge in [-0.05, 0) is 35.4 Å². The van der Waals surface area contributed by atoms with Crippen LogP contribution in [0, 0.1) is 0 Å². The molecule has 4 aromatic rings. The number of hydrogen-bond acceptors (Lipinski definition) is 7. The predicted molar refractivity (Wildman–Crippen MR) is 140 cm³/mol. The van der Waals surface area contributed by atoms with Gasteiger partial charge in [0.25, 0.3) is 0 Å². The Labute approximate surface area is 220 Å². The summed E-state index contributed by atoms with van der Waals surface area (Å²) in [4.78, 5) is 37.3. The van der Waals surface area contributed by atoms with Crippen molar-refractivity contribution in [1.29, 1.82) is 0 Å². The molecule has 0 bridgehead atoms. The van der Waals surface area contributed by atoms with Crippen molar-refractivity contribution in [2.75, 3.05) is 0 Å². The van der Waals surface area contributed by atoms with Gasteiger partial charge in [-0.1, -0.05) is 60.7 Å². The van der Waals surface area contributed by atoms with E-state index in [1.807, 2.05) is 60.7 Å². The van der Waals surface area contributed by atoms with Crippen molar-refractivity contribution >= 4 is 17.7 Å². The van der Waals surface area contributed by atoms with Crippen LogP contribution in [0.5, 0.6) is 23.0 Å². The second kappa shape index (κ2) is 12.4. The molecule has 0 amide bonds. The number of ether oxygens (including phenoxy) is 4. The van der Waals surface area contributed by atoms with Crippen LogP contribution >= 0.6 is 0 Å². The van der Waals surface area contributed by atoms with Gasteiger partial charge in [0, 0.05) is 31.5 Å². The summed E-state index contributed by atoms with van der Waals surface area (Å²) in [5.74, 6) is -1.09. The number of hydrogen-bond donors (Lipinski definition) is 0. The van der Waals surface area contributed by atoms with Crippen molar-refractivity contribution in [1.82, 2.24) is 0 Å². The third-order valence-electron chi connectivity index (χ3n) is 5.39. The highest BCUT2D eigenvalue weighted by molar-refractivity contribution is 6.13. The molecule has 192 valence electrons. The average molecular weight is 511 g/mol. The standard InChI is InChI=1S/C31H26O7/c1-21(32)37-28-17-27(36-20-24-11-7-4-8-12-24)18-29(38-22(2)33)30(28)31(34)25-13-15-26(16-14-25)35-19-23-9-5-3-6-10-23/h3-18H,19-20H2,1-2H3. The summed E-state index contributed by atoms with van der Waals surface area (Å²) in [6.07, 6.45) is 0. The summed E-state index contributed by atoms with van der Waals surface area (Å²) in [6.45, 7) is 3.04. The predicted octanol–water partition coefficient (Wildman–Crippen LogP) is 5.93. The molecule has 38 heavy (non-hydrogen) atoms. The lowest BCUT2D eigenvalue weighted by Gasteiger charge is -2.16. The number of carbonyl (C=O) groups is 3. The molecule has 4 rings (SSSR count). The smallest absolute Gasteiger partial charge is 0.308 e. The van der Waals surface area contributed by atoms with Crippen LogP contribution in [0.4, 0.5) is 0 Å². The Morgan fingerprint density at radius 1 is 0.579 bits per heavy atom. The first-order chi connectivity index (χ1) is 18.4. The Morgan fingerprint density at radius 3 is 1.47 bits per heavy atom. The van der Waals surface area contributed by atoms with E-state index in [1.54, 1.807) is 24.3 Å². The SMILES string of the molecule is CC(=O)Oc1cc(OCc2ccccc2)cc(OC(C)=O)c1C(=O)c1ccc(OCc2ccccc2)cc1. The van der Waals surface area contributed by atoms with E-state index < -0.39 is 17.7 Å². The summed E-state index contributed by atoms with van der Waals surface area (Å²) in [6, 6.07) is 28.5. The van der Waals surface area contributed by atoms with Gasteiger partial charge in [-0.3, -0.25) is 14.4 Å². The average Bonchev–Trinajstić information content (AvgIpc) is 2.91. The molecule has 0 aromatic heterocycles. The third kappa shape index (κ3) is 7.07. The first-order valence-electron chi connectivity index (χ1n) is 11.9. The highest BCUT2D eigenvalue weighted by Gasteiger charge is 2.25. The van der Waals surface area contributed by atoms with Gasteiger partial charge in [-0.15, -0.1) is 0 Å². The van der Waals surface area contributed by atoms with Crippen molar-refractivity contribution in [2.24, 2.45) is 0 Å². The van der Waals surface area contributed by atoms with Crippen molar-refractivity contribution in [3.05, 3.63) is 119 Å². The van der Waals surface area contributed by atoms with E-state index in [2.05, 4.69) is 0 Å². The van der Waals surface area contributed by atoms with Gasteiger partial charge in [0.15, 0.2) is 0 Å². The molecule has 0 N–H and O–H groups in total. The molecule has 0 aliphatic carbocycles. The molecule has 0 fully saturated rings. The quantitative estimate of drug-likeness (QED) is 0.149. The van der Waals surface area contributed by atoms with Gasteiger partial charge in [0.05, 0.1) is 0 Å². The minimum absolute atomic E-state index is 0.0691. The fourth-order valence-corrected chi connectivity index (χ4v) is 3.67. The maximum absolute atomic E-state index is 13.6. The van der Waals surface area contributed by atoms with Crippen LogP contribution < -0.4 is 18.9 Å². The lowest BCUT2D eigenvalue weighted by atomic mass is 10.0. The maximum atomic E-state index is 13.6. The molecular formula is C31H26O7. The summed E-state index contributed by atoms with van der Waals surface area (Å²) < 4.78 is 22.4. The topological polar surface area (TPSA) is 88.1 Å². The summed E-state index contributed by atoms with van der Waals surface area (Å²) in [5, 5.41) is 0. The van der Waals surface area contributed by atoms with E-state index in [-0.39, 0.29) is 35.0 Å². The van der Waals surface area contributed by atoms with E-state index >= 15 is 0 Å². The van der Waals surface area contributed by atoms with E-state index in [4.69, 9.17) is 18.9 Å². The molecule has 0 aliphatic heterocycles. The molecule has 0 atom stereocenters. The van der Waals surface area contributed by atoms with Gasteiger partial charge in [0.1, 0.15) is 41.8 Å². The van der Waals surface area contributed by atoms with Gasteiger partial charge in [-0.2, -0.15) is 0 Å². The Balaban J connectivity index is 1.62. The lowest BCUT2D eigenvalue weighted by molar-refractivity contribution is -0.132. The number of rotatable bonds is 10. The molecule has 0 radical (unpaired) electrons. The lowest BCUT2D eigenvalue weighted by Crippen LogP contribution is -2.13. The number of carbonyl (C=O) groups excluding carboxylic acids is 3. The Hall–Kier alpha value is -4.91. The number of esters is 2. The minimum Gasteiger partial charge on any atom is -0.489 e. The van der Waals surface area contributed by atoms with Crippen LogP contribution in [0.1, 0.15) is 40.9 Å². The number of ketones is 1. The molecule has 0 heterocycles. The van der Waals surface area contributed by atoms with E-state index in [0.717, 1.165) is 11.1 Å². The zero-order valence-electron chi connectivity index (χ0n) is 21.0. The molecular weight excluding hydrogens is 484 g/mol. The molecule has 4 aromatic carbocycles. The molecule has 0 unspecified atom stereocenters. The van der Waals surface area contributed by atoms with Crippen LogP contribution in [0.15, 0.2) is 97.1 Å². The van der Waals surface area contributed by atoms with Gasteiger partial charge < -0.3 is 18.9 Å². The van der Waals surface area contributed by atoms with Gasteiger partial charge in [0.2, 0.25) is 5.78 Å². The highest BCUT2D eigenvalue weighted by Crippen LogP contribution is 2.37. The largest absolute Gasteiger partial charge is 0.489 e. The fourth-order valence-electron chi connectivity index (χ4n) is 3.67. The van der Waals surface area contributed by atoms with Crippen LogP contribution in [0.2, 0.25) is 0 Å².